The van der Waals surface area contributed by atoms with Crippen molar-refractivity contribution in [1.82, 2.24) is 5.32 Å². The van der Waals surface area contributed by atoms with Gasteiger partial charge in [-0.2, -0.15) is 0 Å². The Morgan fingerprint density at radius 2 is 1.59 bits per heavy atom. The van der Waals surface area contributed by atoms with Crippen LogP contribution in [0.25, 0.3) is 0 Å². The maximum absolute atomic E-state index is 10.6. The Bertz CT molecular complexity index is 574. The zero-order valence-electron chi connectivity index (χ0n) is 13.3. The molecule has 2 rings (SSSR count). The third kappa shape index (κ3) is 4.23. The molecule has 2 aromatic carbocycles. The second-order valence-electron chi connectivity index (χ2n) is 5.46. The standard InChI is InChI=1S/C18H23NO3/c1-18(20,15-7-5-4-6-8-15)13-19-12-14-9-16(21-2)11-17(10-14)22-3/h4-11,19-20H,12-13H2,1-3H3. The lowest BCUT2D eigenvalue weighted by atomic mass is 9.96. The third-order valence-electron chi connectivity index (χ3n) is 3.61. The minimum absolute atomic E-state index is 0.455. The normalized spacial score (nSPS) is 13.5. The molecule has 4 heteroatoms. The Morgan fingerprint density at radius 3 is 2.14 bits per heavy atom. The van der Waals surface area contributed by atoms with E-state index in [-0.39, 0.29) is 0 Å². The van der Waals surface area contributed by atoms with E-state index in [0.29, 0.717) is 13.1 Å². The Kier molecular flexibility index (Phi) is 5.41. The van der Waals surface area contributed by atoms with Crippen molar-refractivity contribution < 1.29 is 14.6 Å². The molecule has 1 unspecified atom stereocenters. The highest BCUT2D eigenvalue weighted by atomic mass is 16.5. The second-order valence-corrected chi connectivity index (χ2v) is 5.46. The zero-order chi connectivity index (χ0) is 16.0. The molecule has 0 spiro atoms. The Hall–Kier alpha value is -2.04. The summed E-state index contributed by atoms with van der Waals surface area (Å²) in [6.45, 7) is 2.88. The van der Waals surface area contributed by atoms with Crippen LogP contribution >= 0.6 is 0 Å². The van der Waals surface area contributed by atoms with Crippen LogP contribution in [0.3, 0.4) is 0 Å². The molecule has 2 N–H and O–H groups in total. The van der Waals surface area contributed by atoms with Gasteiger partial charge in [0.05, 0.1) is 19.8 Å². The summed E-state index contributed by atoms with van der Waals surface area (Å²) in [6.07, 6.45) is 0. The van der Waals surface area contributed by atoms with E-state index < -0.39 is 5.60 Å². The van der Waals surface area contributed by atoms with E-state index in [1.54, 1.807) is 14.2 Å². The van der Waals surface area contributed by atoms with Crippen LogP contribution in [-0.4, -0.2) is 25.9 Å². The second kappa shape index (κ2) is 7.29. The van der Waals surface area contributed by atoms with Gasteiger partial charge in [0, 0.05) is 19.2 Å². The van der Waals surface area contributed by atoms with E-state index in [4.69, 9.17) is 9.47 Å². The quantitative estimate of drug-likeness (QED) is 0.825. The largest absolute Gasteiger partial charge is 0.497 e. The number of aliphatic hydroxyl groups is 1. The number of hydrogen-bond donors (Lipinski definition) is 2. The number of benzene rings is 2. The Labute approximate surface area is 131 Å². The van der Waals surface area contributed by atoms with Crippen LogP contribution in [0.2, 0.25) is 0 Å². The molecule has 22 heavy (non-hydrogen) atoms. The summed E-state index contributed by atoms with van der Waals surface area (Å²) in [5.74, 6) is 1.51. The van der Waals surface area contributed by atoms with E-state index in [1.165, 1.54) is 0 Å². The van der Waals surface area contributed by atoms with Crippen molar-refractivity contribution in [2.45, 2.75) is 19.1 Å². The lowest BCUT2D eigenvalue weighted by Crippen LogP contribution is -2.35. The lowest BCUT2D eigenvalue weighted by Gasteiger charge is -2.24. The molecule has 0 radical (unpaired) electrons. The average Bonchev–Trinajstić information content (AvgIpc) is 2.55. The average molecular weight is 301 g/mol. The van der Waals surface area contributed by atoms with Crippen LogP contribution in [-0.2, 0) is 12.1 Å². The highest BCUT2D eigenvalue weighted by Gasteiger charge is 2.21. The van der Waals surface area contributed by atoms with Gasteiger partial charge in [-0.05, 0) is 30.2 Å². The minimum Gasteiger partial charge on any atom is -0.497 e. The molecule has 0 aliphatic heterocycles. The highest BCUT2D eigenvalue weighted by Crippen LogP contribution is 2.23. The predicted octanol–water partition coefficient (Wildman–Crippen LogP) is 2.70. The fraction of sp³-hybridized carbons (Fsp3) is 0.333. The van der Waals surface area contributed by atoms with E-state index in [0.717, 1.165) is 22.6 Å². The maximum Gasteiger partial charge on any atom is 0.122 e. The number of nitrogens with one attached hydrogen (secondary N) is 1. The van der Waals surface area contributed by atoms with Gasteiger partial charge in [-0.25, -0.2) is 0 Å². The zero-order valence-corrected chi connectivity index (χ0v) is 13.3. The molecule has 0 saturated heterocycles. The van der Waals surface area contributed by atoms with Crippen LogP contribution in [0.5, 0.6) is 11.5 Å². The molecule has 1 atom stereocenters. The first-order chi connectivity index (χ1) is 10.5. The molecule has 0 heterocycles. The summed E-state index contributed by atoms with van der Waals surface area (Å²) in [6, 6.07) is 15.4. The van der Waals surface area contributed by atoms with Gasteiger partial charge in [-0.3, -0.25) is 0 Å². The summed E-state index contributed by atoms with van der Waals surface area (Å²) >= 11 is 0. The van der Waals surface area contributed by atoms with E-state index >= 15 is 0 Å². The number of methoxy groups -OCH3 is 2. The molecule has 2 aromatic rings. The first kappa shape index (κ1) is 16.3. The molecule has 0 fully saturated rings. The molecule has 118 valence electrons. The molecule has 4 nitrogen and oxygen atoms in total. The van der Waals surface area contributed by atoms with Crippen LogP contribution in [0.4, 0.5) is 0 Å². The van der Waals surface area contributed by atoms with E-state index in [1.807, 2.05) is 55.5 Å². The van der Waals surface area contributed by atoms with Crippen molar-refractivity contribution in [3.63, 3.8) is 0 Å². The van der Waals surface area contributed by atoms with E-state index in [9.17, 15) is 5.11 Å². The molecule has 0 bridgehead atoms. The van der Waals surface area contributed by atoms with Gasteiger partial charge in [-0.1, -0.05) is 30.3 Å². The van der Waals surface area contributed by atoms with Crippen LogP contribution in [0, 0.1) is 0 Å². The summed E-state index contributed by atoms with van der Waals surface area (Å²) in [5, 5.41) is 13.8. The van der Waals surface area contributed by atoms with Gasteiger partial charge in [0.25, 0.3) is 0 Å². The highest BCUT2D eigenvalue weighted by molar-refractivity contribution is 5.38. The topological polar surface area (TPSA) is 50.7 Å². The van der Waals surface area contributed by atoms with Gasteiger partial charge in [0.2, 0.25) is 0 Å². The Morgan fingerprint density at radius 1 is 1.00 bits per heavy atom. The van der Waals surface area contributed by atoms with Crippen molar-refractivity contribution in [1.29, 1.82) is 0 Å². The maximum atomic E-state index is 10.6. The summed E-state index contributed by atoms with van der Waals surface area (Å²) < 4.78 is 10.5. The predicted molar refractivity (Wildman–Crippen MR) is 87.3 cm³/mol. The molecule has 0 aliphatic carbocycles. The van der Waals surface area contributed by atoms with Gasteiger partial charge in [0.15, 0.2) is 0 Å². The fourth-order valence-electron chi connectivity index (χ4n) is 2.32. The van der Waals surface area contributed by atoms with Crippen LogP contribution in [0.1, 0.15) is 18.1 Å². The smallest absolute Gasteiger partial charge is 0.122 e. The minimum atomic E-state index is -0.912. The fourth-order valence-corrected chi connectivity index (χ4v) is 2.32. The van der Waals surface area contributed by atoms with Gasteiger partial charge < -0.3 is 19.9 Å². The van der Waals surface area contributed by atoms with Crippen molar-refractivity contribution in [3.8, 4) is 11.5 Å². The molecule has 0 amide bonds. The third-order valence-corrected chi connectivity index (χ3v) is 3.61. The number of rotatable bonds is 7. The summed E-state index contributed by atoms with van der Waals surface area (Å²) in [5.41, 5.74) is 1.02. The number of hydrogen-bond acceptors (Lipinski definition) is 4. The molecule has 0 aromatic heterocycles. The molecular weight excluding hydrogens is 278 g/mol. The van der Waals surface area contributed by atoms with Gasteiger partial charge >= 0.3 is 0 Å². The summed E-state index contributed by atoms with van der Waals surface area (Å²) in [7, 11) is 3.26. The Balaban J connectivity index is 1.99. The molecular formula is C18H23NO3. The first-order valence-corrected chi connectivity index (χ1v) is 7.26. The van der Waals surface area contributed by atoms with Crippen molar-refractivity contribution in [2.24, 2.45) is 0 Å². The van der Waals surface area contributed by atoms with E-state index in [2.05, 4.69) is 5.32 Å². The van der Waals surface area contributed by atoms with Gasteiger partial charge in [0.1, 0.15) is 11.5 Å². The SMILES string of the molecule is COc1cc(CNCC(C)(O)c2ccccc2)cc(OC)c1. The monoisotopic (exact) mass is 301 g/mol. The molecule has 0 saturated carbocycles. The van der Waals surface area contributed by atoms with Crippen LogP contribution in [0.15, 0.2) is 48.5 Å². The van der Waals surface area contributed by atoms with Crippen molar-refractivity contribution in [2.75, 3.05) is 20.8 Å². The van der Waals surface area contributed by atoms with Crippen molar-refractivity contribution >= 4 is 0 Å². The number of ether oxygens (including phenoxy) is 2. The lowest BCUT2D eigenvalue weighted by molar-refractivity contribution is 0.0567. The van der Waals surface area contributed by atoms with Gasteiger partial charge in [-0.15, -0.1) is 0 Å². The van der Waals surface area contributed by atoms with Crippen molar-refractivity contribution in [3.05, 3.63) is 59.7 Å². The first-order valence-electron chi connectivity index (χ1n) is 7.26. The molecule has 0 aliphatic rings. The van der Waals surface area contributed by atoms with Crippen LogP contribution < -0.4 is 14.8 Å². The summed E-state index contributed by atoms with van der Waals surface area (Å²) in [4.78, 5) is 0.